The highest BCUT2D eigenvalue weighted by Gasteiger charge is 2.18. The molecular formula is C24H15FN4O2. The van der Waals surface area contributed by atoms with E-state index >= 15 is 0 Å². The van der Waals surface area contributed by atoms with E-state index in [0.717, 1.165) is 10.8 Å². The second-order valence-electron chi connectivity index (χ2n) is 7.11. The van der Waals surface area contributed by atoms with Gasteiger partial charge in [-0.2, -0.15) is 0 Å². The van der Waals surface area contributed by atoms with Crippen molar-refractivity contribution in [1.29, 1.82) is 0 Å². The molecule has 31 heavy (non-hydrogen) atoms. The number of fused-ring (bicyclic) bond motifs is 2. The maximum absolute atomic E-state index is 13.9. The number of carbonyl (C=O) groups is 2. The molecule has 0 aliphatic rings. The molecule has 3 aromatic carbocycles. The fourth-order valence-corrected chi connectivity index (χ4v) is 3.68. The molecule has 0 atom stereocenters. The van der Waals surface area contributed by atoms with Gasteiger partial charge in [0.15, 0.2) is 6.29 Å². The second kappa shape index (κ2) is 7.14. The lowest BCUT2D eigenvalue weighted by atomic mass is 9.98. The number of hydrogen-bond acceptors (Lipinski definition) is 5. The van der Waals surface area contributed by atoms with Crippen LogP contribution in [-0.2, 0) is 0 Å². The van der Waals surface area contributed by atoms with Gasteiger partial charge in [0.1, 0.15) is 11.5 Å². The molecule has 6 nitrogen and oxygen atoms in total. The van der Waals surface area contributed by atoms with Crippen LogP contribution in [0.1, 0.15) is 20.8 Å². The lowest BCUT2D eigenvalue weighted by Gasteiger charge is -2.10. The average molecular weight is 410 g/mol. The summed E-state index contributed by atoms with van der Waals surface area (Å²) in [5.74, 6) is -0.869. The molecule has 0 saturated heterocycles. The SMILES string of the molecule is Nc1nc(C(=O)n2cc3ccccc3c2)c2cc(-c3cc(F)ccc3C=O)ccc2n1. The Morgan fingerprint density at radius 1 is 0.968 bits per heavy atom. The van der Waals surface area contributed by atoms with Crippen LogP contribution in [0.15, 0.2) is 73.1 Å². The zero-order valence-corrected chi connectivity index (χ0v) is 16.1. The monoisotopic (exact) mass is 410 g/mol. The highest BCUT2D eigenvalue weighted by Crippen LogP contribution is 2.29. The van der Waals surface area contributed by atoms with Crippen molar-refractivity contribution in [1.82, 2.24) is 14.5 Å². The Balaban J connectivity index is 1.71. The van der Waals surface area contributed by atoms with Crippen LogP contribution in [0.25, 0.3) is 32.8 Å². The molecule has 0 aliphatic heterocycles. The molecule has 0 bridgehead atoms. The van der Waals surface area contributed by atoms with Gasteiger partial charge in [0.2, 0.25) is 5.95 Å². The molecule has 2 aromatic heterocycles. The number of nitrogen functional groups attached to an aromatic ring is 1. The number of hydrogen-bond donors (Lipinski definition) is 1. The van der Waals surface area contributed by atoms with Crippen LogP contribution in [0.5, 0.6) is 0 Å². The first-order chi connectivity index (χ1) is 15.0. The summed E-state index contributed by atoms with van der Waals surface area (Å²) in [6.07, 6.45) is 4.11. The summed E-state index contributed by atoms with van der Waals surface area (Å²) < 4.78 is 15.3. The molecule has 5 rings (SSSR count). The van der Waals surface area contributed by atoms with E-state index in [2.05, 4.69) is 9.97 Å². The van der Waals surface area contributed by atoms with Gasteiger partial charge < -0.3 is 5.73 Å². The molecule has 2 heterocycles. The standard InChI is InChI=1S/C24H15FN4O2/c25-18-7-5-17(13-30)19(10-18)14-6-8-21-20(9-14)22(28-24(26)27-21)23(31)29-11-15-3-1-2-4-16(15)12-29/h1-13H,(H2,26,27,28). The summed E-state index contributed by atoms with van der Waals surface area (Å²) >= 11 is 0. The number of anilines is 1. The van der Waals surface area contributed by atoms with Crippen LogP contribution in [0, 0.1) is 5.82 Å². The third kappa shape index (κ3) is 3.22. The number of nitrogens with two attached hydrogens (primary N) is 1. The summed E-state index contributed by atoms with van der Waals surface area (Å²) in [6.45, 7) is 0. The van der Waals surface area contributed by atoms with Crippen LogP contribution in [0.3, 0.4) is 0 Å². The van der Waals surface area contributed by atoms with Crippen molar-refractivity contribution in [3.05, 3.63) is 90.1 Å². The Labute approximate surface area is 175 Å². The van der Waals surface area contributed by atoms with Gasteiger partial charge in [0.25, 0.3) is 5.91 Å². The number of aromatic nitrogens is 3. The minimum absolute atomic E-state index is 0.0281. The number of nitrogens with zero attached hydrogens (tertiary/aromatic N) is 3. The first-order valence-corrected chi connectivity index (χ1v) is 9.47. The Morgan fingerprint density at radius 3 is 2.42 bits per heavy atom. The van der Waals surface area contributed by atoms with Crippen molar-refractivity contribution in [2.24, 2.45) is 0 Å². The molecule has 0 amide bonds. The number of benzene rings is 3. The normalized spacial score (nSPS) is 11.1. The van der Waals surface area contributed by atoms with Crippen LogP contribution < -0.4 is 5.73 Å². The van der Waals surface area contributed by atoms with Crippen LogP contribution in [-0.4, -0.2) is 26.7 Å². The second-order valence-corrected chi connectivity index (χ2v) is 7.11. The van der Waals surface area contributed by atoms with Gasteiger partial charge in [0.05, 0.1) is 5.52 Å². The maximum Gasteiger partial charge on any atom is 0.281 e. The van der Waals surface area contributed by atoms with Gasteiger partial charge in [-0.05, 0) is 52.2 Å². The molecule has 0 saturated carbocycles. The lowest BCUT2D eigenvalue weighted by molar-refractivity contribution is 0.0957. The zero-order valence-electron chi connectivity index (χ0n) is 16.1. The third-order valence-corrected chi connectivity index (χ3v) is 5.16. The number of rotatable bonds is 3. The Kier molecular flexibility index (Phi) is 4.29. The fraction of sp³-hybridized carbons (Fsp3) is 0. The smallest absolute Gasteiger partial charge is 0.281 e. The number of carbonyl (C=O) groups excluding carboxylic acids is 2. The lowest BCUT2D eigenvalue weighted by Crippen LogP contribution is -2.14. The Bertz CT molecular complexity index is 1470. The molecule has 150 valence electrons. The zero-order chi connectivity index (χ0) is 21.5. The first kappa shape index (κ1) is 18.6. The van der Waals surface area contributed by atoms with E-state index in [1.165, 1.54) is 22.8 Å². The molecule has 0 fully saturated rings. The van der Waals surface area contributed by atoms with Gasteiger partial charge in [-0.15, -0.1) is 0 Å². The van der Waals surface area contributed by atoms with Crippen LogP contribution in [0.2, 0.25) is 0 Å². The molecule has 0 unspecified atom stereocenters. The fourth-order valence-electron chi connectivity index (χ4n) is 3.68. The molecule has 0 aliphatic carbocycles. The summed E-state index contributed by atoms with van der Waals surface area (Å²) in [5, 5.41) is 2.28. The van der Waals surface area contributed by atoms with Crippen molar-refractivity contribution < 1.29 is 14.0 Å². The highest BCUT2D eigenvalue weighted by molar-refractivity contribution is 6.08. The van der Waals surface area contributed by atoms with Crippen molar-refractivity contribution in [2.75, 3.05) is 5.73 Å². The molecular weight excluding hydrogens is 395 g/mol. The maximum atomic E-state index is 13.9. The quantitative estimate of drug-likeness (QED) is 0.443. The van der Waals surface area contributed by atoms with E-state index in [1.807, 2.05) is 24.3 Å². The summed E-state index contributed by atoms with van der Waals surface area (Å²) in [5.41, 5.74) is 7.76. The Morgan fingerprint density at radius 2 is 1.71 bits per heavy atom. The minimum atomic E-state index is -0.468. The third-order valence-electron chi connectivity index (χ3n) is 5.16. The largest absolute Gasteiger partial charge is 0.368 e. The van der Waals surface area contributed by atoms with Crippen LogP contribution >= 0.6 is 0 Å². The van der Waals surface area contributed by atoms with Gasteiger partial charge in [-0.25, -0.2) is 14.4 Å². The first-order valence-electron chi connectivity index (χ1n) is 9.47. The number of aldehydes is 1. The van der Waals surface area contributed by atoms with E-state index in [9.17, 15) is 14.0 Å². The predicted molar refractivity (Wildman–Crippen MR) is 116 cm³/mol. The van der Waals surface area contributed by atoms with Crippen molar-refractivity contribution in [3.63, 3.8) is 0 Å². The highest BCUT2D eigenvalue weighted by atomic mass is 19.1. The van der Waals surface area contributed by atoms with Gasteiger partial charge in [-0.1, -0.05) is 30.3 Å². The van der Waals surface area contributed by atoms with E-state index < -0.39 is 5.82 Å². The van der Waals surface area contributed by atoms with E-state index in [-0.39, 0.29) is 17.5 Å². The van der Waals surface area contributed by atoms with E-state index in [0.29, 0.717) is 33.9 Å². The van der Waals surface area contributed by atoms with Crippen molar-refractivity contribution >= 4 is 39.8 Å². The topological polar surface area (TPSA) is 90.9 Å². The van der Waals surface area contributed by atoms with Gasteiger partial charge in [0, 0.05) is 23.3 Å². The average Bonchev–Trinajstić information content (AvgIpc) is 3.22. The molecule has 7 heteroatoms. The molecule has 0 radical (unpaired) electrons. The van der Waals surface area contributed by atoms with Crippen molar-refractivity contribution in [2.45, 2.75) is 0 Å². The summed E-state index contributed by atoms with van der Waals surface area (Å²) in [4.78, 5) is 33.2. The summed E-state index contributed by atoms with van der Waals surface area (Å²) in [6, 6.07) is 16.6. The van der Waals surface area contributed by atoms with Crippen LogP contribution in [0.4, 0.5) is 10.3 Å². The minimum Gasteiger partial charge on any atom is -0.368 e. The molecule has 0 spiro atoms. The molecule has 2 N–H and O–H groups in total. The summed E-state index contributed by atoms with van der Waals surface area (Å²) in [7, 11) is 0. The predicted octanol–water partition coefficient (Wildman–Crippen LogP) is 4.47. The number of halogens is 1. The van der Waals surface area contributed by atoms with E-state index in [1.54, 1.807) is 30.6 Å². The van der Waals surface area contributed by atoms with Crippen molar-refractivity contribution in [3.8, 4) is 11.1 Å². The van der Waals surface area contributed by atoms with Gasteiger partial charge >= 0.3 is 0 Å². The van der Waals surface area contributed by atoms with Gasteiger partial charge in [-0.3, -0.25) is 14.2 Å². The van der Waals surface area contributed by atoms with E-state index in [4.69, 9.17) is 5.73 Å². The molecule has 5 aromatic rings. The Hall–Kier alpha value is -4.39.